The van der Waals surface area contributed by atoms with E-state index in [-0.39, 0.29) is 6.54 Å². The summed E-state index contributed by atoms with van der Waals surface area (Å²) in [7, 11) is -3.51. The van der Waals surface area contributed by atoms with E-state index in [1.807, 2.05) is 0 Å². The van der Waals surface area contributed by atoms with Crippen LogP contribution in [0.1, 0.15) is 20.8 Å². The SMILES string of the molecule is CC(CNC(=O)C(C)(C)NS(C)(=O)=O)C(=O)O. The molecule has 8 heteroatoms. The molecule has 0 rings (SSSR count). The first kappa shape index (κ1) is 15.9. The summed E-state index contributed by atoms with van der Waals surface area (Å²) < 4.78 is 24.2. The minimum atomic E-state index is -3.51. The number of carboxylic acid groups (broad SMARTS) is 1. The fourth-order valence-corrected chi connectivity index (χ4v) is 2.08. The Morgan fingerprint density at radius 1 is 1.35 bits per heavy atom. The van der Waals surface area contributed by atoms with E-state index in [0.29, 0.717) is 0 Å². The Morgan fingerprint density at radius 3 is 2.18 bits per heavy atom. The Labute approximate surface area is 101 Å². The van der Waals surface area contributed by atoms with Gasteiger partial charge in [0.15, 0.2) is 0 Å². The molecule has 7 nitrogen and oxygen atoms in total. The Hall–Kier alpha value is -1.15. The van der Waals surface area contributed by atoms with Gasteiger partial charge >= 0.3 is 5.97 Å². The van der Waals surface area contributed by atoms with Crippen molar-refractivity contribution in [2.45, 2.75) is 26.3 Å². The maximum atomic E-state index is 11.6. The second-order valence-corrected chi connectivity index (χ2v) is 6.20. The van der Waals surface area contributed by atoms with Crippen molar-refractivity contribution in [2.75, 3.05) is 12.8 Å². The van der Waals surface area contributed by atoms with Crippen LogP contribution >= 0.6 is 0 Å². The van der Waals surface area contributed by atoms with Crippen LogP contribution in [0.5, 0.6) is 0 Å². The van der Waals surface area contributed by atoms with Crippen molar-refractivity contribution in [1.29, 1.82) is 0 Å². The second kappa shape index (κ2) is 5.46. The zero-order chi connectivity index (χ0) is 13.9. The van der Waals surface area contributed by atoms with Crippen LogP contribution in [0.25, 0.3) is 0 Å². The quantitative estimate of drug-likeness (QED) is 0.579. The predicted octanol–water partition coefficient (Wildman–Crippen LogP) is -0.849. The lowest BCUT2D eigenvalue weighted by atomic mass is 10.1. The molecular weight excluding hydrogens is 248 g/mol. The summed E-state index contributed by atoms with van der Waals surface area (Å²) in [6.45, 7) is 4.19. The van der Waals surface area contributed by atoms with E-state index in [2.05, 4.69) is 10.0 Å². The molecule has 0 fully saturated rings. The summed E-state index contributed by atoms with van der Waals surface area (Å²) in [4.78, 5) is 22.2. The van der Waals surface area contributed by atoms with Crippen LogP contribution in [0.3, 0.4) is 0 Å². The molecule has 0 saturated heterocycles. The third-order valence-electron chi connectivity index (χ3n) is 2.00. The molecule has 0 aliphatic carbocycles. The van der Waals surface area contributed by atoms with E-state index in [1.165, 1.54) is 20.8 Å². The van der Waals surface area contributed by atoms with Crippen LogP contribution < -0.4 is 10.0 Å². The van der Waals surface area contributed by atoms with Crippen molar-refractivity contribution in [3.05, 3.63) is 0 Å². The molecule has 0 aliphatic heterocycles. The zero-order valence-electron chi connectivity index (χ0n) is 10.3. The van der Waals surface area contributed by atoms with E-state index in [4.69, 9.17) is 5.11 Å². The number of amides is 1. The molecule has 0 aromatic heterocycles. The first-order valence-corrected chi connectivity index (χ1v) is 6.85. The number of nitrogens with one attached hydrogen (secondary N) is 2. The number of rotatable bonds is 6. The molecule has 0 heterocycles. The van der Waals surface area contributed by atoms with E-state index in [0.717, 1.165) is 6.26 Å². The summed E-state index contributed by atoms with van der Waals surface area (Å²) in [5.74, 6) is -2.33. The fraction of sp³-hybridized carbons (Fsp3) is 0.778. The standard InChI is InChI=1S/C9H18N2O5S/c1-6(7(12)13)5-10-8(14)9(2,3)11-17(4,15)16/h6,11H,5H2,1-4H3,(H,10,14)(H,12,13). The highest BCUT2D eigenvalue weighted by atomic mass is 32.2. The molecule has 3 N–H and O–H groups in total. The number of carbonyl (C=O) groups excluding carboxylic acids is 1. The second-order valence-electron chi connectivity index (χ2n) is 4.45. The van der Waals surface area contributed by atoms with Crippen molar-refractivity contribution >= 4 is 21.9 Å². The Kier molecular flexibility index (Phi) is 5.09. The number of carboxylic acids is 1. The van der Waals surface area contributed by atoms with Crippen LogP contribution in [0.15, 0.2) is 0 Å². The minimum Gasteiger partial charge on any atom is -0.481 e. The monoisotopic (exact) mass is 266 g/mol. The molecule has 0 bridgehead atoms. The fourth-order valence-electron chi connectivity index (χ4n) is 1.06. The van der Waals surface area contributed by atoms with Gasteiger partial charge in [0.05, 0.1) is 12.2 Å². The molecule has 0 aliphatic rings. The summed E-state index contributed by atoms with van der Waals surface area (Å²) in [6.07, 6.45) is 0.946. The van der Waals surface area contributed by atoms with Crippen LogP contribution in [-0.2, 0) is 19.6 Å². The van der Waals surface area contributed by atoms with Crippen molar-refractivity contribution < 1.29 is 23.1 Å². The Balaban J connectivity index is 4.46. The van der Waals surface area contributed by atoms with Crippen LogP contribution in [0, 0.1) is 5.92 Å². The topological polar surface area (TPSA) is 113 Å². The lowest BCUT2D eigenvalue weighted by Crippen LogP contribution is -2.55. The van der Waals surface area contributed by atoms with Crippen LogP contribution in [0.4, 0.5) is 0 Å². The van der Waals surface area contributed by atoms with Gasteiger partial charge in [-0.15, -0.1) is 0 Å². The molecule has 1 unspecified atom stereocenters. The summed E-state index contributed by atoms with van der Waals surface area (Å²) in [5.41, 5.74) is -1.31. The van der Waals surface area contributed by atoms with Gasteiger partial charge in [0, 0.05) is 6.54 Å². The van der Waals surface area contributed by atoms with Crippen molar-refractivity contribution in [1.82, 2.24) is 10.0 Å². The minimum absolute atomic E-state index is 0.0525. The molecule has 100 valence electrons. The van der Waals surface area contributed by atoms with Gasteiger partial charge in [0.25, 0.3) is 0 Å². The molecule has 0 aromatic rings. The summed E-state index contributed by atoms with van der Waals surface area (Å²) in [5, 5.41) is 11.0. The molecule has 0 spiro atoms. The molecule has 0 aromatic carbocycles. The van der Waals surface area contributed by atoms with Gasteiger partial charge < -0.3 is 10.4 Å². The van der Waals surface area contributed by atoms with Crippen LogP contribution in [-0.4, -0.2) is 43.7 Å². The van der Waals surface area contributed by atoms with Gasteiger partial charge in [0.2, 0.25) is 15.9 Å². The number of aliphatic carboxylic acids is 1. The summed E-state index contributed by atoms with van der Waals surface area (Å²) >= 11 is 0. The van der Waals surface area contributed by atoms with Gasteiger partial charge in [-0.3, -0.25) is 9.59 Å². The molecule has 0 saturated carbocycles. The highest BCUT2D eigenvalue weighted by Gasteiger charge is 2.31. The Bertz CT molecular complexity index is 402. The van der Waals surface area contributed by atoms with Crippen LogP contribution in [0.2, 0.25) is 0 Å². The van der Waals surface area contributed by atoms with E-state index < -0.39 is 33.4 Å². The first-order valence-electron chi connectivity index (χ1n) is 4.96. The smallest absolute Gasteiger partial charge is 0.308 e. The maximum absolute atomic E-state index is 11.6. The van der Waals surface area contributed by atoms with Gasteiger partial charge in [-0.1, -0.05) is 6.92 Å². The predicted molar refractivity (Wildman–Crippen MR) is 61.9 cm³/mol. The number of sulfonamides is 1. The number of hydrogen-bond donors (Lipinski definition) is 3. The lowest BCUT2D eigenvalue weighted by Gasteiger charge is -2.24. The number of carbonyl (C=O) groups is 2. The maximum Gasteiger partial charge on any atom is 0.308 e. The molecule has 17 heavy (non-hydrogen) atoms. The lowest BCUT2D eigenvalue weighted by molar-refractivity contribution is -0.141. The van der Waals surface area contributed by atoms with Crippen molar-refractivity contribution in [3.8, 4) is 0 Å². The van der Waals surface area contributed by atoms with Gasteiger partial charge in [-0.05, 0) is 13.8 Å². The highest BCUT2D eigenvalue weighted by Crippen LogP contribution is 2.04. The average Bonchev–Trinajstić information content (AvgIpc) is 2.09. The third kappa shape index (κ3) is 6.22. The van der Waals surface area contributed by atoms with Gasteiger partial charge in [-0.2, -0.15) is 0 Å². The highest BCUT2D eigenvalue weighted by molar-refractivity contribution is 7.88. The largest absolute Gasteiger partial charge is 0.481 e. The van der Waals surface area contributed by atoms with Crippen molar-refractivity contribution in [2.24, 2.45) is 5.92 Å². The van der Waals surface area contributed by atoms with E-state index >= 15 is 0 Å². The molecule has 1 amide bonds. The zero-order valence-corrected chi connectivity index (χ0v) is 11.1. The molecular formula is C9H18N2O5S. The summed E-state index contributed by atoms with van der Waals surface area (Å²) in [6, 6.07) is 0. The third-order valence-corrected chi connectivity index (χ3v) is 2.88. The van der Waals surface area contributed by atoms with E-state index in [9.17, 15) is 18.0 Å². The Morgan fingerprint density at radius 2 is 1.82 bits per heavy atom. The van der Waals surface area contributed by atoms with E-state index in [1.54, 1.807) is 0 Å². The average molecular weight is 266 g/mol. The van der Waals surface area contributed by atoms with Gasteiger partial charge in [-0.25, -0.2) is 13.1 Å². The normalized spacial score (nSPS) is 14.1. The number of hydrogen-bond acceptors (Lipinski definition) is 4. The van der Waals surface area contributed by atoms with Crippen molar-refractivity contribution in [3.63, 3.8) is 0 Å². The first-order chi connectivity index (χ1) is 7.46. The molecule has 0 radical (unpaired) electrons. The van der Waals surface area contributed by atoms with Gasteiger partial charge in [0.1, 0.15) is 5.54 Å². The molecule has 1 atom stereocenters.